The Morgan fingerprint density at radius 2 is 1.55 bits per heavy atom. The summed E-state index contributed by atoms with van der Waals surface area (Å²) in [6, 6.07) is 21.4. The second-order valence-electron chi connectivity index (χ2n) is 5.10. The van der Waals surface area contributed by atoms with Gasteiger partial charge in [-0.05, 0) is 23.4 Å². The van der Waals surface area contributed by atoms with Crippen LogP contribution >= 0.6 is 12.6 Å². The molecule has 0 aliphatic rings. The summed E-state index contributed by atoms with van der Waals surface area (Å²) in [5.74, 6) is 1.37. The number of hydrogen-bond donors (Lipinski definition) is 1. The van der Waals surface area contributed by atoms with Gasteiger partial charge in [-0.2, -0.15) is 12.6 Å². The maximum Gasteiger partial charge on any atom is 0.0233 e. The summed E-state index contributed by atoms with van der Waals surface area (Å²) in [6.07, 6.45) is 0. The van der Waals surface area contributed by atoms with Gasteiger partial charge in [-0.3, -0.25) is 4.90 Å². The average Bonchev–Trinajstić information content (AvgIpc) is 2.53. The van der Waals surface area contributed by atoms with Crippen molar-refractivity contribution < 1.29 is 0 Å². The van der Waals surface area contributed by atoms with Gasteiger partial charge in [0.1, 0.15) is 0 Å². The molecular weight excluding hydrogens is 262 g/mol. The average molecular weight is 285 g/mol. The summed E-state index contributed by atoms with van der Waals surface area (Å²) in [5, 5.41) is 0. The second kappa shape index (κ2) is 8.13. The van der Waals surface area contributed by atoms with Gasteiger partial charge >= 0.3 is 0 Å². The van der Waals surface area contributed by atoms with Crippen molar-refractivity contribution in [3.8, 4) is 0 Å². The summed E-state index contributed by atoms with van der Waals surface area (Å²) >= 11 is 4.54. The first-order valence-electron chi connectivity index (χ1n) is 7.25. The number of likely N-dealkylation sites (N-methyl/N-ethyl adjacent to an activating group) is 1. The third-order valence-corrected chi connectivity index (χ3v) is 4.11. The van der Waals surface area contributed by atoms with Gasteiger partial charge in [0, 0.05) is 19.0 Å². The molecule has 0 amide bonds. The van der Waals surface area contributed by atoms with Crippen LogP contribution in [0, 0.1) is 0 Å². The normalized spacial score (nSPS) is 12.6. The molecule has 0 heterocycles. The molecule has 0 spiro atoms. The molecule has 0 saturated heterocycles. The van der Waals surface area contributed by atoms with Crippen LogP contribution in [0.25, 0.3) is 0 Å². The number of rotatable bonds is 7. The molecule has 0 bridgehead atoms. The molecule has 0 fully saturated rings. The van der Waals surface area contributed by atoms with E-state index in [1.165, 1.54) is 11.1 Å². The zero-order valence-electron chi connectivity index (χ0n) is 12.1. The Bertz CT molecular complexity index is 483. The third-order valence-electron chi connectivity index (χ3n) is 3.67. The molecule has 1 unspecified atom stereocenters. The van der Waals surface area contributed by atoms with Crippen molar-refractivity contribution in [1.29, 1.82) is 0 Å². The Kier molecular flexibility index (Phi) is 6.16. The highest BCUT2D eigenvalue weighted by Crippen LogP contribution is 2.19. The smallest absolute Gasteiger partial charge is 0.0233 e. The highest BCUT2D eigenvalue weighted by molar-refractivity contribution is 7.80. The molecule has 2 aromatic rings. The van der Waals surface area contributed by atoms with Gasteiger partial charge in [0.2, 0.25) is 0 Å². The lowest BCUT2D eigenvalue weighted by Crippen LogP contribution is -2.28. The molecule has 1 atom stereocenters. The second-order valence-corrected chi connectivity index (χ2v) is 5.47. The highest BCUT2D eigenvalue weighted by atomic mass is 32.1. The van der Waals surface area contributed by atoms with Crippen molar-refractivity contribution in [3.05, 3.63) is 71.8 Å². The zero-order chi connectivity index (χ0) is 14.2. The molecular formula is C18H23NS. The van der Waals surface area contributed by atoms with Crippen LogP contribution in [0.1, 0.15) is 24.0 Å². The Hall–Kier alpha value is -1.25. The number of thiol groups is 1. The predicted molar refractivity (Wildman–Crippen MR) is 90.4 cm³/mol. The molecule has 0 aliphatic heterocycles. The number of hydrogen-bond acceptors (Lipinski definition) is 2. The van der Waals surface area contributed by atoms with E-state index < -0.39 is 0 Å². The third kappa shape index (κ3) is 4.39. The van der Waals surface area contributed by atoms with Crippen molar-refractivity contribution in [1.82, 2.24) is 4.90 Å². The topological polar surface area (TPSA) is 3.24 Å². The maximum atomic E-state index is 4.54. The Morgan fingerprint density at radius 1 is 0.950 bits per heavy atom. The van der Waals surface area contributed by atoms with Gasteiger partial charge in [0.05, 0.1) is 0 Å². The molecule has 2 rings (SSSR count). The van der Waals surface area contributed by atoms with Gasteiger partial charge in [-0.15, -0.1) is 0 Å². The fraction of sp³-hybridized carbons (Fsp3) is 0.333. The summed E-state index contributed by atoms with van der Waals surface area (Å²) < 4.78 is 0. The van der Waals surface area contributed by atoms with Gasteiger partial charge in [-0.1, -0.05) is 67.6 Å². The Labute approximate surface area is 128 Å². The first-order valence-corrected chi connectivity index (χ1v) is 7.88. The fourth-order valence-corrected chi connectivity index (χ4v) is 2.78. The summed E-state index contributed by atoms with van der Waals surface area (Å²) in [7, 11) is 0. The van der Waals surface area contributed by atoms with E-state index in [9.17, 15) is 0 Å². The summed E-state index contributed by atoms with van der Waals surface area (Å²) in [5.41, 5.74) is 2.76. The van der Waals surface area contributed by atoms with E-state index in [1.807, 2.05) is 0 Å². The van der Waals surface area contributed by atoms with Crippen LogP contribution in [-0.4, -0.2) is 23.7 Å². The van der Waals surface area contributed by atoms with Crippen LogP contribution in [0.5, 0.6) is 0 Å². The molecule has 0 aliphatic carbocycles. The first-order chi connectivity index (χ1) is 9.83. The quantitative estimate of drug-likeness (QED) is 0.745. The monoisotopic (exact) mass is 285 g/mol. The van der Waals surface area contributed by atoms with E-state index in [4.69, 9.17) is 0 Å². The molecule has 0 aromatic heterocycles. The lowest BCUT2D eigenvalue weighted by molar-refractivity contribution is 0.267. The van der Waals surface area contributed by atoms with Crippen molar-refractivity contribution in [2.45, 2.75) is 19.4 Å². The lowest BCUT2D eigenvalue weighted by Gasteiger charge is -2.26. The molecule has 20 heavy (non-hydrogen) atoms. The van der Waals surface area contributed by atoms with Gasteiger partial charge in [0.25, 0.3) is 0 Å². The largest absolute Gasteiger partial charge is 0.299 e. The van der Waals surface area contributed by atoms with Crippen LogP contribution in [0.3, 0.4) is 0 Å². The fourth-order valence-electron chi connectivity index (χ4n) is 2.45. The minimum absolute atomic E-state index is 0.489. The van der Waals surface area contributed by atoms with E-state index >= 15 is 0 Å². The van der Waals surface area contributed by atoms with Crippen LogP contribution in [-0.2, 0) is 6.54 Å². The first kappa shape index (κ1) is 15.1. The van der Waals surface area contributed by atoms with Gasteiger partial charge in [-0.25, -0.2) is 0 Å². The zero-order valence-corrected chi connectivity index (χ0v) is 13.0. The molecule has 2 heteroatoms. The van der Waals surface area contributed by atoms with Gasteiger partial charge < -0.3 is 0 Å². The minimum Gasteiger partial charge on any atom is -0.299 e. The molecule has 1 nitrogen and oxygen atoms in total. The summed E-state index contributed by atoms with van der Waals surface area (Å²) in [4.78, 5) is 2.49. The molecule has 0 N–H and O–H groups in total. The lowest BCUT2D eigenvalue weighted by atomic mass is 10.00. The van der Waals surface area contributed by atoms with E-state index in [0.29, 0.717) is 5.92 Å². The minimum atomic E-state index is 0.489. The van der Waals surface area contributed by atoms with E-state index in [1.54, 1.807) is 0 Å². The maximum absolute atomic E-state index is 4.54. The standard InChI is InChI=1S/C18H23NS/c1-2-19(13-16-9-5-3-6-10-16)14-18(15-20)17-11-7-4-8-12-17/h3-12,18,20H,2,13-15H2,1H3. The predicted octanol–water partition coefficient (Wildman–Crippen LogP) is 4.22. The molecule has 0 radical (unpaired) electrons. The van der Waals surface area contributed by atoms with Crippen molar-refractivity contribution in [3.63, 3.8) is 0 Å². The number of benzene rings is 2. The highest BCUT2D eigenvalue weighted by Gasteiger charge is 2.14. The summed E-state index contributed by atoms with van der Waals surface area (Å²) in [6.45, 7) is 5.35. The molecule has 0 saturated carbocycles. The molecule has 2 aromatic carbocycles. The molecule has 106 valence electrons. The van der Waals surface area contributed by atoms with Crippen LogP contribution < -0.4 is 0 Å². The van der Waals surface area contributed by atoms with E-state index in [0.717, 1.165) is 25.4 Å². The van der Waals surface area contributed by atoms with Crippen LogP contribution in [0.4, 0.5) is 0 Å². The Morgan fingerprint density at radius 3 is 2.10 bits per heavy atom. The van der Waals surface area contributed by atoms with Crippen molar-refractivity contribution in [2.24, 2.45) is 0 Å². The van der Waals surface area contributed by atoms with Gasteiger partial charge in [0.15, 0.2) is 0 Å². The SMILES string of the molecule is CCN(Cc1ccccc1)CC(CS)c1ccccc1. The Balaban J connectivity index is 2.01. The van der Waals surface area contributed by atoms with Crippen molar-refractivity contribution >= 4 is 12.6 Å². The van der Waals surface area contributed by atoms with E-state index in [-0.39, 0.29) is 0 Å². The number of nitrogens with zero attached hydrogens (tertiary/aromatic N) is 1. The van der Waals surface area contributed by atoms with Crippen LogP contribution in [0.15, 0.2) is 60.7 Å². The van der Waals surface area contributed by atoms with Crippen LogP contribution in [0.2, 0.25) is 0 Å². The van der Waals surface area contributed by atoms with Crippen molar-refractivity contribution in [2.75, 3.05) is 18.8 Å². The van der Waals surface area contributed by atoms with E-state index in [2.05, 4.69) is 85.1 Å².